The van der Waals surface area contributed by atoms with Crippen molar-refractivity contribution < 1.29 is 4.74 Å². The molecule has 18 heavy (non-hydrogen) atoms. The van der Waals surface area contributed by atoms with E-state index >= 15 is 0 Å². The first-order chi connectivity index (χ1) is 8.74. The van der Waals surface area contributed by atoms with Crippen LogP contribution < -0.4 is 4.90 Å². The van der Waals surface area contributed by atoms with Crippen molar-refractivity contribution >= 4 is 5.69 Å². The molecule has 96 valence electrons. The molecular formula is C15H20N2O. The summed E-state index contributed by atoms with van der Waals surface area (Å²) in [6.07, 6.45) is 5.10. The van der Waals surface area contributed by atoms with E-state index in [9.17, 15) is 0 Å². The Morgan fingerprint density at radius 3 is 2.61 bits per heavy atom. The standard InChI is InChI=1S/C15H20N2O/c1-17(13-8-6-12(11-16)7-9-13)14-4-3-5-15(10-14)18-2/h6-9,14-15H,3-5,10H2,1-2H3. The van der Waals surface area contributed by atoms with Gasteiger partial charge in [-0.15, -0.1) is 0 Å². The molecule has 1 aromatic carbocycles. The Hall–Kier alpha value is -1.53. The van der Waals surface area contributed by atoms with E-state index in [1.807, 2.05) is 24.3 Å². The van der Waals surface area contributed by atoms with Crippen LogP contribution in [0.2, 0.25) is 0 Å². The highest BCUT2D eigenvalue weighted by atomic mass is 16.5. The van der Waals surface area contributed by atoms with Crippen molar-refractivity contribution in [2.24, 2.45) is 0 Å². The molecule has 0 aromatic heterocycles. The zero-order chi connectivity index (χ0) is 13.0. The van der Waals surface area contributed by atoms with Crippen LogP contribution in [0.3, 0.4) is 0 Å². The molecule has 0 saturated heterocycles. The van der Waals surface area contributed by atoms with E-state index in [1.165, 1.54) is 24.9 Å². The van der Waals surface area contributed by atoms with Gasteiger partial charge in [-0.2, -0.15) is 5.26 Å². The zero-order valence-electron chi connectivity index (χ0n) is 11.1. The van der Waals surface area contributed by atoms with E-state index in [0.717, 1.165) is 6.42 Å². The molecule has 0 heterocycles. The van der Waals surface area contributed by atoms with Crippen molar-refractivity contribution in [3.63, 3.8) is 0 Å². The van der Waals surface area contributed by atoms with Gasteiger partial charge in [0, 0.05) is 25.9 Å². The molecule has 0 aliphatic heterocycles. The maximum atomic E-state index is 8.80. The normalized spacial score (nSPS) is 23.4. The minimum absolute atomic E-state index is 0.393. The van der Waals surface area contributed by atoms with E-state index in [-0.39, 0.29) is 0 Å². The number of benzene rings is 1. The molecule has 1 saturated carbocycles. The highest BCUT2D eigenvalue weighted by molar-refractivity contribution is 5.49. The lowest BCUT2D eigenvalue weighted by Gasteiger charge is -2.36. The zero-order valence-corrected chi connectivity index (χ0v) is 11.1. The van der Waals surface area contributed by atoms with E-state index in [0.29, 0.717) is 17.7 Å². The third-order valence-electron chi connectivity index (χ3n) is 3.88. The number of nitriles is 1. The summed E-state index contributed by atoms with van der Waals surface area (Å²) in [4.78, 5) is 2.31. The van der Waals surface area contributed by atoms with Crippen LogP contribution in [0.1, 0.15) is 31.2 Å². The highest BCUT2D eigenvalue weighted by Gasteiger charge is 2.24. The molecule has 0 radical (unpaired) electrons. The fourth-order valence-electron chi connectivity index (χ4n) is 2.67. The summed E-state index contributed by atoms with van der Waals surface area (Å²) < 4.78 is 5.47. The molecular weight excluding hydrogens is 224 g/mol. The Morgan fingerprint density at radius 2 is 2.00 bits per heavy atom. The van der Waals surface area contributed by atoms with Gasteiger partial charge in [0.1, 0.15) is 0 Å². The summed E-state index contributed by atoms with van der Waals surface area (Å²) >= 11 is 0. The molecule has 3 nitrogen and oxygen atoms in total. The molecule has 1 fully saturated rings. The summed E-state index contributed by atoms with van der Waals surface area (Å²) in [5.74, 6) is 0. The van der Waals surface area contributed by atoms with Gasteiger partial charge >= 0.3 is 0 Å². The lowest BCUT2D eigenvalue weighted by atomic mass is 9.91. The molecule has 2 atom stereocenters. The topological polar surface area (TPSA) is 36.3 Å². The average Bonchev–Trinajstić information content (AvgIpc) is 2.46. The number of ether oxygens (including phenoxy) is 1. The second-order valence-electron chi connectivity index (χ2n) is 4.95. The first-order valence-electron chi connectivity index (χ1n) is 6.50. The number of hydrogen-bond donors (Lipinski definition) is 0. The average molecular weight is 244 g/mol. The van der Waals surface area contributed by atoms with Crippen molar-refractivity contribution in [2.45, 2.75) is 37.8 Å². The lowest BCUT2D eigenvalue weighted by molar-refractivity contribution is 0.0637. The Bertz CT molecular complexity index is 421. The monoisotopic (exact) mass is 244 g/mol. The second-order valence-corrected chi connectivity index (χ2v) is 4.95. The van der Waals surface area contributed by atoms with E-state index in [1.54, 1.807) is 7.11 Å². The van der Waals surface area contributed by atoms with Crippen LogP contribution in [-0.2, 0) is 4.74 Å². The molecule has 2 rings (SSSR count). The van der Waals surface area contributed by atoms with Gasteiger partial charge in [0.05, 0.1) is 17.7 Å². The van der Waals surface area contributed by atoms with E-state index < -0.39 is 0 Å². The number of anilines is 1. The maximum absolute atomic E-state index is 8.80. The molecule has 1 aromatic rings. The van der Waals surface area contributed by atoms with Gasteiger partial charge in [0.15, 0.2) is 0 Å². The second kappa shape index (κ2) is 5.88. The fourth-order valence-corrected chi connectivity index (χ4v) is 2.67. The first kappa shape index (κ1) is 12.9. The summed E-state index contributed by atoms with van der Waals surface area (Å²) in [6.45, 7) is 0. The molecule has 2 unspecified atom stereocenters. The molecule has 0 amide bonds. The smallest absolute Gasteiger partial charge is 0.0991 e. The Morgan fingerprint density at radius 1 is 1.28 bits per heavy atom. The summed E-state index contributed by atoms with van der Waals surface area (Å²) in [7, 11) is 3.93. The Kier molecular flexibility index (Phi) is 4.22. The molecule has 3 heteroatoms. The van der Waals surface area contributed by atoms with Gasteiger partial charge in [-0.3, -0.25) is 0 Å². The highest BCUT2D eigenvalue weighted by Crippen LogP contribution is 2.27. The van der Waals surface area contributed by atoms with Gasteiger partial charge < -0.3 is 9.64 Å². The predicted octanol–water partition coefficient (Wildman–Crippen LogP) is 2.95. The van der Waals surface area contributed by atoms with Gasteiger partial charge in [0.2, 0.25) is 0 Å². The summed E-state index contributed by atoms with van der Waals surface area (Å²) in [5.41, 5.74) is 1.89. The molecule has 0 bridgehead atoms. The van der Waals surface area contributed by atoms with E-state index in [2.05, 4.69) is 18.0 Å². The van der Waals surface area contributed by atoms with Crippen LogP contribution in [0.5, 0.6) is 0 Å². The predicted molar refractivity (Wildman–Crippen MR) is 72.6 cm³/mol. The van der Waals surface area contributed by atoms with Crippen LogP contribution in [0.4, 0.5) is 5.69 Å². The third-order valence-corrected chi connectivity index (χ3v) is 3.88. The Balaban J connectivity index is 2.05. The van der Waals surface area contributed by atoms with Gasteiger partial charge in [-0.05, 0) is 49.9 Å². The van der Waals surface area contributed by atoms with Gasteiger partial charge in [0.25, 0.3) is 0 Å². The van der Waals surface area contributed by atoms with Crippen molar-refractivity contribution in [3.8, 4) is 6.07 Å². The largest absolute Gasteiger partial charge is 0.381 e. The van der Waals surface area contributed by atoms with Crippen LogP contribution in [-0.4, -0.2) is 26.3 Å². The van der Waals surface area contributed by atoms with Crippen molar-refractivity contribution in [3.05, 3.63) is 29.8 Å². The van der Waals surface area contributed by atoms with Crippen molar-refractivity contribution in [1.29, 1.82) is 5.26 Å². The van der Waals surface area contributed by atoms with Crippen molar-refractivity contribution in [1.82, 2.24) is 0 Å². The lowest BCUT2D eigenvalue weighted by Crippen LogP contribution is -2.38. The number of hydrogen-bond acceptors (Lipinski definition) is 3. The fraction of sp³-hybridized carbons (Fsp3) is 0.533. The first-order valence-corrected chi connectivity index (χ1v) is 6.50. The van der Waals surface area contributed by atoms with Crippen LogP contribution in [0, 0.1) is 11.3 Å². The number of methoxy groups -OCH3 is 1. The number of rotatable bonds is 3. The summed E-state index contributed by atoms with van der Waals surface area (Å²) in [6, 6.07) is 10.5. The number of nitrogens with zero attached hydrogens (tertiary/aromatic N) is 2. The van der Waals surface area contributed by atoms with Gasteiger partial charge in [-0.25, -0.2) is 0 Å². The molecule has 1 aliphatic carbocycles. The van der Waals surface area contributed by atoms with Crippen LogP contribution in [0.25, 0.3) is 0 Å². The van der Waals surface area contributed by atoms with Crippen LogP contribution >= 0.6 is 0 Å². The minimum Gasteiger partial charge on any atom is -0.381 e. The van der Waals surface area contributed by atoms with Gasteiger partial charge in [-0.1, -0.05) is 0 Å². The SMILES string of the molecule is COC1CCCC(N(C)c2ccc(C#N)cc2)C1. The van der Waals surface area contributed by atoms with Crippen molar-refractivity contribution in [2.75, 3.05) is 19.1 Å². The molecule has 0 spiro atoms. The Labute approximate surface area is 109 Å². The quantitative estimate of drug-likeness (QED) is 0.820. The molecule has 1 aliphatic rings. The maximum Gasteiger partial charge on any atom is 0.0991 e. The summed E-state index contributed by atoms with van der Waals surface area (Å²) in [5, 5.41) is 8.80. The minimum atomic E-state index is 0.393. The van der Waals surface area contributed by atoms with Crippen LogP contribution in [0.15, 0.2) is 24.3 Å². The van der Waals surface area contributed by atoms with E-state index in [4.69, 9.17) is 10.00 Å². The third kappa shape index (κ3) is 2.83. The molecule has 0 N–H and O–H groups in total.